The zero-order valence-electron chi connectivity index (χ0n) is 5.57. The lowest BCUT2D eigenvalue weighted by Gasteiger charge is -2.02. The number of hydrogen-bond donors (Lipinski definition) is 0. The molecular formula is C3N3O3Si3. The second-order valence-corrected chi connectivity index (χ2v) is 3.20. The molecule has 1 rings (SSSR count). The molecule has 0 N–H and O–H groups in total. The van der Waals surface area contributed by atoms with Crippen molar-refractivity contribution in [2.75, 3.05) is 0 Å². The van der Waals surface area contributed by atoms with Crippen molar-refractivity contribution in [2.45, 2.75) is 0 Å². The Morgan fingerprint density at radius 1 is 0.667 bits per heavy atom. The molecule has 12 heavy (non-hydrogen) atoms. The van der Waals surface area contributed by atoms with Crippen LogP contribution in [-0.4, -0.2) is 43.9 Å². The van der Waals surface area contributed by atoms with E-state index in [2.05, 4.69) is 31.2 Å². The third kappa shape index (κ3) is 1.11. The van der Waals surface area contributed by atoms with Crippen molar-refractivity contribution in [2.24, 2.45) is 0 Å². The van der Waals surface area contributed by atoms with Gasteiger partial charge in [0.05, 0.1) is 0 Å². The third-order valence-electron chi connectivity index (χ3n) is 1.15. The molecule has 1 aromatic rings. The predicted octanol–water partition coefficient (Wildman–Crippen LogP) is -4.03. The summed E-state index contributed by atoms with van der Waals surface area (Å²) >= 11 is 0. The molecular weight excluding hydrogens is 210 g/mol. The second-order valence-electron chi connectivity index (χ2n) is 1.85. The Morgan fingerprint density at radius 2 is 0.833 bits per heavy atom. The summed E-state index contributed by atoms with van der Waals surface area (Å²) in [6, 6.07) is 0. The quantitative estimate of drug-likeness (QED) is 0.410. The predicted molar refractivity (Wildman–Crippen MR) is 42.7 cm³/mol. The molecule has 9 radical (unpaired) electrons. The van der Waals surface area contributed by atoms with Crippen LogP contribution in [0.25, 0.3) is 0 Å². The van der Waals surface area contributed by atoms with Crippen molar-refractivity contribution in [3.05, 3.63) is 31.5 Å². The summed E-state index contributed by atoms with van der Waals surface area (Å²) in [6.45, 7) is 0. The molecule has 0 aliphatic carbocycles. The maximum Gasteiger partial charge on any atom is 0.319 e. The van der Waals surface area contributed by atoms with Gasteiger partial charge in [0.15, 0.2) is 0 Å². The molecule has 0 aliphatic heterocycles. The highest BCUT2D eigenvalue weighted by Gasteiger charge is 2.05. The van der Waals surface area contributed by atoms with E-state index in [-0.39, 0.29) is 0 Å². The summed E-state index contributed by atoms with van der Waals surface area (Å²) in [5, 5.41) is 0. The molecule has 9 heteroatoms. The van der Waals surface area contributed by atoms with Gasteiger partial charge in [-0.3, -0.25) is 12.7 Å². The molecule has 0 aliphatic rings. The lowest BCUT2D eigenvalue weighted by molar-refractivity contribution is 0.767. The molecule has 0 fully saturated rings. The number of hydrogen-bond acceptors (Lipinski definition) is 3. The van der Waals surface area contributed by atoms with Crippen LogP contribution in [0.1, 0.15) is 0 Å². The van der Waals surface area contributed by atoms with Crippen molar-refractivity contribution in [3.8, 4) is 0 Å². The normalized spacial score (nSPS) is 10.2. The fourth-order valence-corrected chi connectivity index (χ4v) is 1.45. The molecule has 0 bridgehead atoms. The van der Waals surface area contributed by atoms with Crippen molar-refractivity contribution in [1.82, 2.24) is 12.7 Å². The largest absolute Gasteiger partial charge is 0.319 e. The van der Waals surface area contributed by atoms with E-state index in [1.165, 1.54) is 0 Å². The highest BCUT2D eigenvalue weighted by atomic mass is 28.2. The van der Waals surface area contributed by atoms with Crippen LogP contribution >= 0.6 is 0 Å². The van der Waals surface area contributed by atoms with Crippen molar-refractivity contribution >= 4 is 31.2 Å². The summed E-state index contributed by atoms with van der Waals surface area (Å²) in [6.07, 6.45) is 0. The first-order chi connectivity index (χ1) is 5.46. The van der Waals surface area contributed by atoms with Crippen LogP contribution in [-0.2, 0) is 0 Å². The van der Waals surface area contributed by atoms with E-state index in [1.54, 1.807) is 0 Å². The maximum atomic E-state index is 11.0. The Morgan fingerprint density at radius 3 is 1.00 bits per heavy atom. The second kappa shape index (κ2) is 2.84. The standard InChI is InChI=1S/C3N3O3Si3/c7-1-4(10)2(8)6(12)3(9)5(1)11. The van der Waals surface area contributed by atoms with E-state index in [1.807, 2.05) is 0 Å². The molecule has 0 amide bonds. The Bertz CT molecular complexity index is 381. The van der Waals surface area contributed by atoms with Gasteiger partial charge >= 0.3 is 17.1 Å². The average molecular weight is 210 g/mol. The monoisotopic (exact) mass is 210 g/mol. The summed E-state index contributed by atoms with van der Waals surface area (Å²) in [5.74, 6) is 0. The average Bonchev–Trinajstić information content (AvgIpc) is 2.08. The first-order valence-electron chi connectivity index (χ1n) is 2.62. The van der Waals surface area contributed by atoms with Crippen molar-refractivity contribution in [1.29, 1.82) is 0 Å². The van der Waals surface area contributed by atoms with E-state index in [9.17, 15) is 14.4 Å². The van der Waals surface area contributed by atoms with Gasteiger partial charge in [-0.1, -0.05) is 0 Å². The molecule has 0 atom stereocenters. The summed E-state index contributed by atoms with van der Waals surface area (Å²) in [4.78, 5) is 32.9. The fraction of sp³-hybridized carbons (Fsp3) is 0. The van der Waals surface area contributed by atoms with Crippen LogP contribution in [0, 0.1) is 0 Å². The lowest BCUT2D eigenvalue weighted by Crippen LogP contribution is -2.53. The molecule has 57 valence electrons. The van der Waals surface area contributed by atoms with E-state index in [4.69, 9.17) is 0 Å². The van der Waals surface area contributed by atoms with Crippen LogP contribution in [0.3, 0.4) is 0 Å². The first-order valence-corrected chi connectivity index (χ1v) is 3.97. The van der Waals surface area contributed by atoms with Gasteiger partial charge in [-0.25, -0.2) is 14.4 Å². The molecule has 0 saturated heterocycles. The zero-order valence-corrected chi connectivity index (χ0v) is 8.57. The van der Waals surface area contributed by atoms with Gasteiger partial charge in [-0.05, 0) is 0 Å². The molecule has 0 aromatic carbocycles. The molecule has 1 aromatic heterocycles. The summed E-state index contributed by atoms with van der Waals surface area (Å²) in [5.41, 5.74) is -2.44. The van der Waals surface area contributed by atoms with Crippen LogP contribution in [0.2, 0.25) is 0 Å². The van der Waals surface area contributed by atoms with E-state index < -0.39 is 17.1 Å². The van der Waals surface area contributed by atoms with Crippen LogP contribution < -0.4 is 17.1 Å². The first kappa shape index (κ1) is 9.15. The van der Waals surface area contributed by atoms with Crippen LogP contribution in [0.15, 0.2) is 14.4 Å². The Balaban J connectivity index is 4.00. The maximum absolute atomic E-state index is 11.0. The van der Waals surface area contributed by atoms with Crippen LogP contribution in [0.5, 0.6) is 0 Å². The molecule has 0 unspecified atom stereocenters. The van der Waals surface area contributed by atoms with E-state index in [0.29, 0.717) is 12.7 Å². The fourth-order valence-electron chi connectivity index (χ4n) is 0.545. The van der Waals surface area contributed by atoms with Crippen molar-refractivity contribution < 1.29 is 0 Å². The Labute approximate surface area is 76.0 Å². The topological polar surface area (TPSA) is 66.0 Å². The van der Waals surface area contributed by atoms with Gasteiger partial charge in [0, 0.05) is 0 Å². The van der Waals surface area contributed by atoms with Crippen molar-refractivity contribution in [3.63, 3.8) is 0 Å². The third-order valence-corrected chi connectivity index (χ3v) is 2.30. The highest BCUT2D eigenvalue weighted by molar-refractivity contribution is 6.10. The smallest absolute Gasteiger partial charge is 0.278 e. The van der Waals surface area contributed by atoms with Gasteiger partial charge < -0.3 is 0 Å². The minimum absolute atomic E-state index is 0.585. The molecule has 0 saturated carbocycles. The van der Waals surface area contributed by atoms with Crippen LogP contribution in [0.4, 0.5) is 0 Å². The SMILES string of the molecule is O=c1n([Si])c(=O)n([Si])c(=O)n1[Si]. The highest BCUT2D eigenvalue weighted by Crippen LogP contribution is 1.55. The zero-order chi connectivity index (χ0) is 9.46. The van der Waals surface area contributed by atoms with E-state index >= 15 is 0 Å². The summed E-state index contributed by atoms with van der Waals surface area (Å²) < 4.78 is 1.75. The summed E-state index contributed by atoms with van der Waals surface area (Å²) in [7, 11) is 8.15. The minimum atomic E-state index is -0.812. The number of rotatable bonds is 0. The number of aromatic nitrogens is 3. The Hall–Kier alpha value is -0.939. The lowest BCUT2D eigenvalue weighted by atomic mass is 11.0. The molecule has 1 heterocycles. The van der Waals surface area contributed by atoms with Gasteiger partial charge in [-0.2, -0.15) is 0 Å². The van der Waals surface area contributed by atoms with E-state index in [0.717, 1.165) is 0 Å². The number of nitrogens with zero attached hydrogens (tertiary/aromatic N) is 3. The molecule has 6 nitrogen and oxygen atoms in total. The Kier molecular flexibility index (Phi) is 2.16. The van der Waals surface area contributed by atoms with Gasteiger partial charge in [0.25, 0.3) is 0 Å². The minimum Gasteiger partial charge on any atom is -0.278 e. The van der Waals surface area contributed by atoms with Gasteiger partial charge in [-0.15, -0.1) is 0 Å². The van der Waals surface area contributed by atoms with Gasteiger partial charge in [0.1, 0.15) is 0 Å². The molecule has 0 spiro atoms. The van der Waals surface area contributed by atoms with Gasteiger partial charge in [0.2, 0.25) is 31.2 Å².